The van der Waals surface area contributed by atoms with Gasteiger partial charge in [0.1, 0.15) is 11.6 Å². The predicted molar refractivity (Wildman–Crippen MR) is 81.3 cm³/mol. The number of carbonyl (C=O) groups is 1. The standard InChI is InChI=1S/C16H15F2NOS/c17-14-7-3-1-5-12(14)11-21-10-9-19-16(20)13-6-2-4-8-15(13)18/h1-8H,9-11H2,(H,19,20). The highest BCUT2D eigenvalue weighted by atomic mass is 32.2. The van der Waals surface area contributed by atoms with Crippen LogP contribution in [0.1, 0.15) is 15.9 Å². The van der Waals surface area contributed by atoms with Crippen LogP contribution in [0.5, 0.6) is 0 Å². The zero-order valence-electron chi connectivity index (χ0n) is 11.3. The maximum Gasteiger partial charge on any atom is 0.254 e. The number of halogens is 2. The Morgan fingerprint density at radius 2 is 1.67 bits per heavy atom. The van der Waals surface area contributed by atoms with Crippen LogP contribution in [0.3, 0.4) is 0 Å². The Morgan fingerprint density at radius 3 is 2.38 bits per heavy atom. The highest BCUT2D eigenvalue weighted by Crippen LogP contribution is 2.14. The van der Waals surface area contributed by atoms with E-state index in [0.29, 0.717) is 23.6 Å². The first-order valence-electron chi connectivity index (χ1n) is 6.52. The van der Waals surface area contributed by atoms with Gasteiger partial charge in [0.25, 0.3) is 5.91 Å². The van der Waals surface area contributed by atoms with Gasteiger partial charge in [-0.15, -0.1) is 0 Å². The molecule has 1 N–H and O–H groups in total. The molecule has 0 aliphatic rings. The maximum atomic E-state index is 13.4. The van der Waals surface area contributed by atoms with Gasteiger partial charge in [-0.05, 0) is 23.8 Å². The highest BCUT2D eigenvalue weighted by Gasteiger charge is 2.09. The van der Waals surface area contributed by atoms with Crippen molar-refractivity contribution in [2.75, 3.05) is 12.3 Å². The maximum absolute atomic E-state index is 13.4. The van der Waals surface area contributed by atoms with E-state index < -0.39 is 11.7 Å². The zero-order valence-corrected chi connectivity index (χ0v) is 12.1. The van der Waals surface area contributed by atoms with Crippen molar-refractivity contribution in [1.82, 2.24) is 5.32 Å². The molecule has 2 nitrogen and oxygen atoms in total. The molecule has 2 rings (SSSR count). The van der Waals surface area contributed by atoms with Gasteiger partial charge in [0.2, 0.25) is 0 Å². The molecule has 21 heavy (non-hydrogen) atoms. The van der Waals surface area contributed by atoms with Crippen molar-refractivity contribution in [3.8, 4) is 0 Å². The molecular formula is C16H15F2NOS. The Morgan fingerprint density at radius 1 is 1.00 bits per heavy atom. The van der Waals surface area contributed by atoms with Gasteiger partial charge in [-0.3, -0.25) is 4.79 Å². The van der Waals surface area contributed by atoms with E-state index in [-0.39, 0.29) is 11.4 Å². The summed E-state index contributed by atoms with van der Waals surface area (Å²) in [5, 5.41) is 2.65. The molecule has 0 bridgehead atoms. The molecule has 110 valence electrons. The minimum atomic E-state index is -0.533. The second kappa shape index (κ2) is 7.78. The molecule has 0 unspecified atom stereocenters. The second-order valence-corrected chi connectivity index (χ2v) is 5.48. The summed E-state index contributed by atoms with van der Waals surface area (Å²) in [5.41, 5.74) is 0.680. The third kappa shape index (κ3) is 4.56. The molecule has 0 spiro atoms. The SMILES string of the molecule is O=C(NCCSCc1ccccc1F)c1ccccc1F. The fourth-order valence-electron chi connectivity index (χ4n) is 1.77. The lowest BCUT2D eigenvalue weighted by molar-refractivity contribution is 0.0952. The number of rotatable bonds is 6. The summed E-state index contributed by atoms with van der Waals surface area (Å²) in [6.07, 6.45) is 0. The highest BCUT2D eigenvalue weighted by molar-refractivity contribution is 7.98. The Bertz CT molecular complexity index is 619. The van der Waals surface area contributed by atoms with E-state index in [1.165, 1.54) is 36.0 Å². The molecular weight excluding hydrogens is 292 g/mol. The first-order chi connectivity index (χ1) is 10.2. The van der Waals surface area contributed by atoms with Gasteiger partial charge in [0, 0.05) is 18.1 Å². The van der Waals surface area contributed by atoms with Crippen molar-refractivity contribution in [2.45, 2.75) is 5.75 Å². The van der Waals surface area contributed by atoms with Crippen LogP contribution in [0, 0.1) is 11.6 Å². The van der Waals surface area contributed by atoms with Crippen molar-refractivity contribution < 1.29 is 13.6 Å². The minimum absolute atomic E-state index is 0.0385. The van der Waals surface area contributed by atoms with Gasteiger partial charge in [0.15, 0.2) is 0 Å². The van der Waals surface area contributed by atoms with Crippen LogP contribution < -0.4 is 5.32 Å². The summed E-state index contributed by atoms with van der Waals surface area (Å²) < 4.78 is 26.7. The first-order valence-corrected chi connectivity index (χ1v) is 7.68. The number of nitrogens with one attached hydrogen (secondary N) is 1. The van der Waals surface area contributed by atoms with Crippen LogP contribution in [0.25, 0.3) is 0 Å². The van der Waals surface area contributed by atoms with Crippen molar-refractivity contribution in [3.63, 3.8) is 0 Å². The van der Waals surface area contributed by atoms with E-state index in [4.69, 9.17) is 0 Å². The van der Waals surface area contributed by atoms with Gasteiger partial charge in [-0.25, -0.2) is 8.78 Å². The monoisotopic (exact) mass is 307 g/mol. The van der Waals surface area contributed by atoms with Crippen molar-refractivity contribution in [2.24, 2.45) is 0 Å². The van der Waals surface area contributed by atoms with Crippen LogP contribution in [0.15, 0.2) is 48.5 Å². The Hall–Kier alpha value is -1.88. The summed E-state index contributed by atoms with van der Waals surface area (Å²) in [4.78, 5) is 11.7. The molecule has 2 aromatic rings. The van der Waals surface area contributed by atoms with E-state index >= 15 is 0 Å². The average molecular weight is 307 g/mol. The van der Waals surface area contributed by atoms with Crippen LogP contribution >= 0.6 is 11.8 Å². The van der Waals surface area contributed by atoms with Crippen LogP contribution in [-0.4, -0.2) is 18.2 Å². The molecule has 1 amide bonds. The fraction of sp³-hybridized carbons (Fsp3) is 0.188. The Kier molecular flexibility index (Phi) is 5.75. The number of carbonyl (C=O) groups excluding carboxylic acids is 1. The molecule has 2 aromatic carbocycles. The smallest absolute Gasteiger partial charge is 0.254 e. The van der Waals surface area contributed by atoms with E-state index in [9.17, 15) is 13.6 Å². The third-order valence-electron chi connectivity index (χ3n) is 2.87. The molecule has 0 heterocycles. The number of hydrogen-bond acceptors (Lipinski definition) is 2. The quantitative estimate of drug-likeness (QED) is 0.826. The molecule has 0 radical (unpaired) electrons. The number of amides is 1. The van der Waals surface area contributed by atoms with E-state index in [1.807, 2.05) is 0 Å². The second-order valence-electron chi connectivity index (χ2n) is 4.38. The van der Waals surface area contributed by atoms with Gasteiger partial charge in [-0.1, -0.05) is 30.3 Å². The summed E-state index contributed by atoms with van der Waals surface area (Å²) in [6, 6.07) is 12.5. The van der Waals surface area contributed by atoms with Crippen LogP contribution in [-0.2, 0) is 5.75 Å². The normalized spacial score (nSPS) is 10.4. The predicted octanol–water partition coefficient (Wildman–Crippen LogP) is 3.63. The molecule has 5 heteroatoms. The lowest BCUT2D eigenvalue weighted by Gasteiger charge is -2.06. The number of thioether (sulfide) groups is 1. The topological polar surface area (TPSA) is 29.1 Å². The lowest BCUT2D eigenvalue weighted by atomic mass is 10.2. The Labute approximate surface area is 126 Å². The fourth-order valence-corrected chi connectivity index (χ4v) is 2.62. The van der Waals surface area contributed by atoms with Gasteiger partial charge in [0.05, 0.1) is 5.56 Å². The minimum Gasteiger partial charge on any atom is -0.351 e. The van der Waals surface area contributed by atoms with E-state index in [1.54, 1.807) is 24.3 Å². The molecule has 0 fully saturated rings. The largest absolute Gasteiger partial charge is 0.351 e. The summed E-state index contributed by atoms with van der Waals surface area (Å²) >= 11 is 1.51. The third-order valence-corrected chi connectivity index (χ3v) is 3.87. The lowest BCUT2D eigenvalue weighted by Crippen LogP contribution is -2.26. The van der Waals surface area contributed by atoms with Gasteiger partial charge < -0.3 is 5.32 Å². The number of benzene rings is 2. The Balaban J connectivity index is 1.72. The van der Waals surface area contributed by atoms with Crippen molar-refractivity contribution >= 4 is 17.7 Å². The molecule has 0 atom stereocenters. The van der Waals surface area contributed by atoms with Gasteiger partial charge in [-0.2, -0.15) is 11.8 Å². The van der Waals surface area contributed by atoms with E-state index in [0.717, 1.165) is 0 Å². The summed E-state index contributed by atoms with van der Waals surface area (Å²) in [5.74, 6) is -0.00877. The zero-order chi connectivity index (χ0) is 15.1. The molecule has 0 aromatic heterocycles. The van der Waals surface area contributed by atoms with E-state index in [2.05, 4.69) is 5.32 Å². The van der Waals surface area contributed by atoms with Crippen LogP contribution in [0.4, 0.5) is 8.78 Å². The molecule has 0 saturated heterocycles. The molecule has 0 aliphatic heterocycles. The first kappa shape index (κ1) is 15.5. The van der Waals surface area contributed by atoms with Crippen LogP contribution in [0.2, 0.25) is 0 Å². The molecule has 0 aliphatic carbocycles. The number of hydrogen-bond donors (Lipinski definition) is 1. The summed E-state index contributed by atoms with van der Waals surface area (Å²) in [6.45, 7) is 0.409. The molecule has 0 saturated carbocycles. The summed E-state index contributed by atoms with van der Waals surface area (Å²) in [7, 11) is 0. The average Bonchev–Trinajstić information content (AvgIpc) is 2.49. The van der Waals surface area contributed by atoms with Crippen molar-refractivity contribution in [1.29, 1.82) is 0 Å². The van der Waals surface area contributed by atoms with Crippen molar-refractivity contribution in [3.05, 3.63) is 71.3 Å². The van der Waals surface area contributed by atoms with Gasteiger partial charge >= 0.3 is 0 Å².